The van der Waals surface area contributed by atoms with E-state index in [1.807, 2.05) is 23.1 Å². The number of hydrogen-bond acceptors (Lipinski definition) is 4. The maximum atomic E-state index is 12.3. The Labute approximate surface area is 131 Å². The highest BCUT2D eigenvalue weighted by molar-refractivity contribution is 5.82. The van der Waals surface area contributed by atoms with Gasteiger partial charge in [-0.25, -0.2) is 0 Å². The average Bonchev–Trinajstić information content (AvgIpc) is 3.00. The fraction of sp³-hybridized carbons (Fsp3) is 0.588. The largest absolute Gasteiger partial charge is 0.392 e. The minimum Gasteiger partial charge on any atom is -0.392 e. The van der Waals surface area contributed by atoms with Gasteiger partial charge in [0.05, 0.1) is 24.9 Å². The second-order valence-corrected chi connectivity index (χ2v) is 6.17. The second-order valence-electron chi connectivity index (χ2n) is 6.17. The number of hydrogen-bond donors (Lipinski definition) is 2. The molecule has 22 heavy (non-hydrogen) atoms. The zero-order chi connectivity index (χ0) is 15.4. The number of ether oxygens (including phenoxy) is 1. The number of carbonyl (C=O) groups is 1. The zero-order valence-electron chi connectivity index (χ0n) is 12.8. The number of amides is 1. The summed E-state index contributed by atoms with van der Waals surface area (Å²) in [6, 6.07) is 9.95. The average molecular weight is 304 g/mol. The van der Waals surface area contributed by atoms with Gasteiger partial charge in [-0.15, -0.1) is 0 Å². The van der Waals surface area contributed by atoms with Crippen LogP contribution in [-0.2, 0) is 16.1 Å². The molecule has 0 saturated carbocycles. The fourth-order valence-corrected chi connectivity index (χ4v) is 3.16. The monoisotopic (exact) mass is 304 g/mol. The third-order valence-electron chi connectivity index (χ3n) is 4.49. The molecule has 0 aromatic heterocycles. The first-order valence-electron chi connectivity index (χ1n) is 8.08. The van der Waals surface area contributed by atoms with Gasteiger partial charge < -0.3 is 20.1 Å². The van der Waals surface area contributed by atoms with E-state index in [1.54, 1.807) is 0 Å². The molecule has 0 spiro atoms. The van der Waals surface area contributed by atoms with Crippen LogP contribution in [0, 0.1) is 0 Å². The summed E-state index contributed by atoms with van der Waals surface area (Å²) in [7, 11) is 0. The van der Waals surface area contributed by atoms with Crippen LogP contribution < -0.4 is 5.32 Å². The van der Waals surface area contributed by atoms with Crippen molar-refractivity contribution in [2.45, 2.75) is 44.1 Å². The Balaban J connectivity index is 1.41. The third kappa shape index (κ3) is 3.85. The van der Waals surface area contributed by atoms with Gasteiger partial charge in [-0.1, -0.05) is 30.3 Å². The second kappa shape index (κ2) is 7.22. The van der Waals surface area contributed by atoms with Gasteiger partial charge in [0.2, 0.25) is 5.91 Å². The van der Waals surface area contributed by atoms with Crippen molar-refractivity contribution < 1.29 is 14.6 Å². The van der Waals surface area contributed by atoms with E-state index >= 15 is 0 Å². The number of carbonyl (C=O) groups excluding carboxylic acids is 1. The van der Waals surface area contributed by atoms with Gasteiger partial charge in [0.25, 0.3) is 0 Å². The van der Waals surface area contributed by atoms with Crippen LogP contribution in [-0.4, -0.2) is 53.8 Å². The molecule has 0 radical (unpaired) electrons. The van der Waals surface area contributed by atoms with Crippen LogP contribution in [0.1, 0.15) is 24.8 Å². The first-order valence-corrected chi connectivity index (χ1v) is 8.08. The molecule has 1 aromatic rings. The summed E-state index contributed by atoms with van der Waals surface area (Å²) in [6.45, 7) is 2.64. The fourth-order valence-electron chi connectivity index (χ4n) is 3.16. The molecule has 2 unspecified atom stereocenters. The van der Waals surface area contributed by atoms with Crippen molar-refractivity contribution in [2.75, 3.05) is 19.6 Å². The Bertz CT molecular complexity index is 486. The Morgan fingerprint density at radius 1 is 1.27 bits per heavy atom. The van der Waals surface area contributed by atoms with E-state index in [2.05, 4.69) is 17.4 Å². The number of likely N-dealkylation sites (tertiary alicyclic amines) is 1. The quantitative estimate of drug-likeness (QED) is 0.868. The van der Waals surface area contributed by atoms with E-state index in [0.717, 1.165) is 25.9 Å². The van der Waals surface area contributed by atoms with E-state index in [1.165, 1.54) is 5.56 Å². The van der Waals surface area contributed by atoms with Crippen LogP contribution in [0.3, 0.4) is 0 Å². The van der Waals surface area contributed by atoms with Gasteiger partial charge in [-0.3, -0.25) is 4.79 Å². The molecule has 0 bridgehead atoms. The van der Waals surface area contributed by atoms with Crippen LogP contribution in [0.4, 0.5) is 0 Å². The van der Waals surface area contributed by atoms with Gasteiger partial charge in [0.15, 0.2) is 0 Å². The van der Waals surface area contributed by atoms with Crippen molar-refractivity contribution in [3.63, 3.8) is 0 Å². The molecule has 2 aliphatic heterocycles. The molecule has 2 fully saturated rings. The molecule has 0 aliphatic carbocycles. The van der Waals surface area contributed by atoms with E-state index in [0.29, 0.717) is 19.6 Å². The van der Waals surface area contributed by atoms with Crippen molar-refractivity contribution in [1.29, 1.82) is 0 Å². The van der Waals surface area contributed by atoms with Crippen molar-refractivity contribution in [1.82, 2.24) is 10.2 Å². The molecule has 2 saturated heterocycles. The predicted octanol–water partition coefficient (Wildman–Crippen LogP) is 0.917. The van der Waals surface area contributed by atoms with Gasteiger partial charge in [-0.2, -0.15) is 0 Å². The Kier molecular flexibility index (Phi) is 5.08. The summed E-state index contributed by atoms with van der Waals surface area (Å²) in [5.74, 6) is 0.123. The summed E-state index contributed by atoms with van der Waals surface area (Å²) in [6.07, 6.45) is 2.14. The number of rotatable bonds is 4. The van der Waals surface area contributed by atoms with Crippen molar-refractivity contribution in [2.24, 2.45) is 0 Å². The van der Waals surface area contributed by atoms with Gasteiger partial charge in [-0.05, 0) is 24.8 Å². The smallest absolute Gasteiger partial charge is 0.239 e. The number of piperidine rings is 1. The number of aliphatic hydroxyl groups is 1. The normalized spacial score (nSPS) is 26.3. The van der Waals surface area contributed by atoms with Crippen LogP contribution in [0.2, 0.25) is 0 Å². The summed E-state index contributed by atoms with van der Waals surface area (Å²) in [5, 5.41) is 12.6. The maximum Gasteiger partial charge on any atom is 0.239 e. The lowest BCUT2D eigenvalue weighted by atomic mass is 10.1. The van der Waals surface area contributed by atoms with Gasteiger partial charge in [0, 0.05) is 19.6 Å². The molecular weight excluding hydrogens is 280 g/mol. The standard InChI is InChI=1S/C17H24N2O3/c20-14-10-16(18-11-14)17(21)19-8-6-15(7-9-19)22-12-13-4-2-1-3-5-13/h1-5,14-16,18,20H,6-12H2. The molecule has 1 aromatic carbocycles. The minimum atomic E-state index is -0.388. The van der Waals surface area contributed by atoms with Gasteiger partial charge in [0.1, 0.15) is 0 Å². The molecule has 2 heterocycles. The first-order chi connectivity index (χ1) is 10.7. The highest BCUT2D eigenvalue weighted by Gasteiger charge is 2.33. The number of nitrogens with zero attached hydrogens (tertiary/aromatic N) is 1. The lowest BCUT2D eigenvalue weighted by Crippen LogP contribution is -2.48. The number of nitrogens with one attached hydrogen (secondary N) is 1. The summed E-state index contributed by atoms with van der Waals surface area (Å²) < 4.78 is 5.95. The lowest BCUT2D eigenvalue weighted by Gasteiger charge is -2.33. The van der Waals surface area contributed by atoms with Crippen molar-refractivity contribution in [3.8, 4) is 0 Å². The van der Waals surface area contributed by atoms with E-state index < -0.39 is 0 Å². The summed E-state index contributed by atoms with van der Waals surface area (Å²) in [4.78, 5) is 14.2. The minimum absolute atomic E-state index is 0.123. The van der Waals surface area contributed by atoms with Crippen LogP contribution in [0.25, 0.3) is 0 Å². The molecule has 1 amide bonds. The van der Waals surface area contributed by atoms with E-state index in [4.69, 9.17) is 4.74 Å². The van der Waals surface area contributed by atoms with Crippen LogP contribution in [0.5, 0.6) is 0 Å². The molecule has 5 heteroatoms. The highest BCUT2D eigenvalue weighted by Crippen LogP contribution is 2.18. The molecule has 120 valence electrons. The highest BCUT2D eigenvalue weighted by atomic mass is 16.5. The number of aliphatic hydroxyl groups excluding tert-OH is 1. The van der Waals surface area contributed by atoms with E-state index in [9.17, 15) is 9.90 Å². The van der Waals surface area contributed by atoms with Crippen LogP contribution >= 0.6 is 0 Å². The molecule has 2 aliphatic rings. The zero-order valence-corrected chi connectivity index (χ0v) is 12.8. The number of β-amino-alcohol motifs (C(OH)–C–C–N with tert-alkyl or cyclic N) is 1. The Morgan fingerprint density at radius 2 is 2.00 bits per heavy atom. The molecular formula is C17H24N2O3. The summed E-state index contributed by atoms with van der Waals surface area (Å²) in [5.41, 5.74) is 1.19. The number of benzene rings is 1. The molecule has 2 atom stereocenters. The Hall–Kier alpha value is -1.43. The summed E-state index contributed by atoms with van der Waals surface area (Å²) >= 11 is 0. The lowest BCUT2D eigenvalue weighted by molar-refractivity contribution is -0.136. The topological polar surface area (TPSA) is 61.8 Å². The predicted molar refractivity (Wildman–Crippen MR) is 83.2 cm³/mol. The van der Waals surface area contributed by atoms with E-state index in [-0.39, 0.29) is 24.2 Å². The molecule has 2 N–H and O–H groups in total. The molecule has 3 rings (SSSR count). The van der Waals surface area contributed by atoms with Gasteiger partial charge >= 0.3 is 0 Å². The Morgan fingerprint density at radius 3 is 2.64 bits per heavy atom. The van der Waals surface area contributed by atoms with Crippen LogP contribution in [0.15, 0.2) is 30.3 Å². The SMILES string of the molecule is O=C(C1CC(O)CN1)N1CCC(OCc2ccccc2)CC1. The third-order valence-corrected chi connectivity index (χ3v) is 4.49. The first kappa shape index (κ1) is 15.5. The molecule has 5 nitrogen and oxygen atoms in total. The van der Waals surface area contributed by atoms with Crippen molar-refractivity contribution in [3.05, 3.63) is 35.9 Å². The maximum absolute atomic E-state index is 12.3. The van der Waals surface area contributed by atoms with Crippen molar-refractivity contribution >= 4 is 5.91 Å².